The normalized spacial score (nSPS) is 20.0. The van der Waals surface area contributed by atoms with Gasteiger partial charge < -0.3 is 9.47 Å². The van der Waals surface area contributed by atoms with Gasteiger partial charge in [-0.3, -0.25) is 14.6 Å². The molecule has 2 unspecified atom stereocenters. The maximum Gasteiger partial charge on any atom is 0.165 e. The summed E-state index contributed by atoms with van der Waals surface area (Å²) in [6, 6.07) is 12.6. The van der Waals surface area contributed by atoms with Crippen molar-refractivity contribution in [3.05, 3.63) is 83.2 Å². The van der Waals surface area contributed by atoms with E-state index in [0.717, 1.165) is 12.1 Å². The fourth-order valence-electron chi connectivity index (χ4n) is 4.73. The van der Waals surface area contributed by atoms with Gasteiger partial charge in [0.1, 0.15) is 23.1 Å². The van der Waals surface area contributed by atoms with Crippen LogP contribution in [0, 0.1) is 23.5 Å². The zero-order valence-electron chi connectivity index (χ0n) is 18.6. The van der Waals surface area contributed by atoms with Crippen molar-refractivity contribution in [3.8, 4) is 17.2 Å². The van der Waals surface area contributed by atoms with Crippen molar-refractivity contribution in [1.82, 2.24) is 4.98 Å². The lowest BCUT2D eigenvalue weighted by Crippen LogP contribution is -2.11. The van der Waals surface area contributed by atoms with Gasteiger partial charge in [0.15, 0.2) is 17.3 Å². The van der Waals surface area contributed by atoms with E-state index in [2.05, 4.69) is 4.98 Å². The van der Waals surface area contributed by atoms with Crippen LogP contribution < -0.4 is 9.47 Å². The van der Waals surface area contributed by atoms with Gasteiger partial charge in [-0.15, -0.1) is 0 Å². The molecular weight excluding hydrogens is 440 g/mol. The minimum atomic E-state index is -0.566. The van der Waals surface area contributed by atoms with Crippen LogP contribution in [0.2, 0.25) is 0 Å². The predicted molar refractivity (Wildman–Crippen MR) is 120 cm³/mol. The molecule has 2 aromatic carbocycles. The van der Waals surface area contributed by atoms with Crippen LogP contribution >= 0.6 is 0 Å². The molecule has 3 aromatic rings. The number of fused-ring (bicyclic) bond motifs is 3. The highest BCUT2D eigenvalue weighted by Gasteiger charge is 2.56. The Labute approximate surface area is 195 Å². The number of ketones is 2. The molecule has 0 saturated heterocycles. The Bertz CT molecular complexity index is 1240. The molecule has 174 valence electrons. The molecule has 0 spiro atoms. The Morgan fingerprint density at radius 3 is 2.47 bits per heavy atom. The summed E-state index contributed by atoms with van der Waals surface area (Å²) in [5.41, 5.74) is 1.51. The average molecular weight is 463 g/mol. The maximum atomic E-state index is 14.3. The lowest BCUT2D eigenvalue weighted by atomic mass is 10.0. The second-order valence-electron chi connectivity index (χ2n) is 8.74. The highest BCUT2D eigenvalue weighted by Crippen LogP contribution is 2.61. The molecule has 3 atom stereocenters. The molecule has 1 aliphatic heterocycles. The molecule has 7 heteroatoms. The van der Waals surface area contributed by atoms with Crippen LogP contribution in [0.1, 0.15) is 47.3 Å². The smallest absolute Gasteiger partial charge is 0.165 e. The summed E-state index contributed by atoms with van der Waals surface area (Å²) < 4.78 is 39.4. The van der Waals surface area contributed by atoms with E-state index in [9.17, 15) is 18.4 Å². The third kappa shape index (κ3) is 4.30. The van der Waals surface area contributed by atoms with Crippen molar-refractivity contribution in [3.63, 3.8) is 0 Å². The third-order valence-electron chi connectivity index (χ3n) is 6.55. The van der Waals surface area contributed by atoms with Crippen LogP contribution in [0.3, 0.4) is 0 Å². The molecule has 0 bridgehead atoms. The minimum Gasteiger partial charge on any atom is -0.490 e. The molecule has 1 aliphatic carbocycles. The van der Waals surface area contributed by atoms with Gasteiger partial charge in [0.25, 0.3) is 0 Å². The Hall–Kier alpha value is -3.61. The monoisotopic (exact) mass is 463 g/mol. The Morgan fingerprint density at radius 1 is 1.03 bits per heavy atom. The molecule has 5 nitrogen and oxygen atoms in total. The molecule has 0 amide bonds. The number of carbonyl (C=O) groups is 2. The summed E-state index contributed by atoms with van der Waals surface area (Å²) in [4.78, 5) is 28.7. The molecule has 1 aromatic heterocycles. The standard InChI is InChI=1S/C27H23F2NO4/c1-2-24(32)15-3-6-18(7-4-15)34-19-8-5-16(30-13-19)11-17(31)12-20-21-14-33-27-23(29)10-9-22(28)26(27)25(20)21/h3-10,13,20-21,25H,2,11-12,14H2,1H3/t20-,21?,25?/m1/s1. The van der Waals surface area contributed by atoms with Crippen LogP contribution in [-0.2, 0) is 11.2 Å². The van der Waals surface area contributed by atoms with Gasteiger partial charge in [-0.2, -0.15) is 0 Å². The van der Waals surface area contributed by atoms with Crippen molar-refractivity contribution in [2.75, 3.05) is 6.61 Å². The number of pyridine rings is 1. The van der Waals surface area contributed by atoms with Crippen molar-refractivity contribution in [1.29, 1.82) is 0 Å². The summed E-state index contributed by atoms with van der Waals surface area (Å²) in [6.45, 7) is 2.12. The molecule has 0 radical (unpaired) electrons. The van der Waals surface area contributed by atoms with Crippen LogP contribution in [0.4, 0.5) is 8.78 Å². The molecular formula is C27H23F2NO4. The van der Waals surface area contributed by atoms with Crippen LogP contribution in [0.5, 0.6) is 17.2 Å². The number of carbonyl (C=O) groups excluding carboxylic acids is 2. The summed E-state index contributed by atoms with van der Waals surface area (Å²) in [7, 11) is 0. The van der Waals surface area contributed by atoms with Crippen molar-refractivity contribution < 1.29 is 27.8 Å². The summed E-state index contributed by atoms with van der Waals surface area (Å²) >= 11 is 0. The first-order chi connectivity index (χ1) is 16.4. The number of nitrogens with zero attached hydrogens (tertiary/aromatic N) is 1. The fourth-order valence-corrected chi connectivity index (χ4v) is 4.73. The van der Waals surface area contributed by atoms with E-state index in [-0.39, 0.29) is 53.5 Å². The van der Waals surface area contributed by atoms with Gasteiger partial charge in [0.2, 0.25) is 0 Å². The SMILES string of the molecule is CCC(=O)c1ccc(Oc2ccc(CC(=O)C[C@@H]3C4COc5c(F)ccc(F)c5C43)nc2)cc1. The lowest BCUT2D eigenvalue weighted by molar-refractivity contribution is -0.118. The maximum absolute atomic E-state index is 14.3. The van der Waals surface area contributed by atoms with Gasteiger partial charge in [0.05, 0.1) is 12.8 Å². The molecule has 34 heavy (non-hydrogen) atoms. The predicted octanol–water partition coefficient (Wildman–Crippen LogP) is 5.67. The second kappa shape index (κ2) is 8.97. The first kappa shape index (κ1) is 22.2. The number of halogens is 2. The van der Waals surface area contributed by atoms with E-state index in [0.29, 0.717) is 35.8 Å². The number of aromatic nitrogens is 1. The van der Waals surface area contributed by atoms with Crippen molar-refractivity contribution in [2.24, 2.45) is 11.8 Å². The number of hydrogen-bond acceptors (Lipinski definition) is 5. The topological polar surface area (TPSA) is 65.5 Å². The number of hydrogen-bond donors (Lipinski definition) is 0. The summed E-state index contributed by atoms with van der Waals surface area (Å²) in [6.07, 6.45) is 2.43. The van der Waals surface area contributed by atoms with E-state index in [1.165, 1.54) is 0 Å². The number of Topliss-reactive ketones (excluding diaryl/α,β-unsaturated/α-hetero) is 2. The molecule has 5 rings (SSSR count). The first-order valence-electron chi connectivity index (χ1n) is 11.3. The largest absolute Gasteiger partial charge is 0.490 e. The van der Waals surface area contributed by atoms with Crippen LogP contribution in [0.15, 0.2) is 54.7 Å². The Kier molecular flexibility index (Phi) is 5.86. The second-order valence-corrected chi connectivity index (χ2v) is 8.74. The van der Waals surface area contributed by atoms with E-state index in [1.54, 1.807) is 42.6 Å². The highest BCUT2D eigenvalue weighted by molar-refractivity contribution is 5.95. The average Bonchev–Trinajstić information content (AvgIpc) is 3.54. The Balaban J connectivity index is 1.17. The molecule has 0 N–H and O–H groups in total. The van der Waals surface area contributed by atoms with Gasteiger partial charge in [-0.1, -0.05) is 6.92 Å². The number of rotatable bonds is 8. The van der Waals surface area contributed by atoms with E-state index >= 15 is 0 Å². The van der Waals surface area contributed by atoms with Gasteiger partial charge in [0, 0.05) is 47.9 Å². The lowest BCUT2D eigenvalue weighted by Gasteiger charge is -2.17. The van der Waals surface area contributed by atoms with Crippen LogP contribution in [0.25, 0.3) is 0 Å². The molecule has 2 heterocycles. The molecule has 1 fully saturated rings. The van der Waals surface area contributed by atoms with Crippen molar-refractivity contribution >= 4 is 11.6 Å². The summed E-state index contributed by atoms with van der Waals surface area (Å²) in [5.74, 6) is -0.0756. The van der Waals surface area contributed by atoms with E-state index < -0.39 is 11.6 Å². The van der Waals surface area contributed by atoms with E-state index in [4.69, 9.17) is 9.47 Å². The molecule has 2 aliphatic rings. The Morgan fingerprint density at radius 2 is 1.76 bits per heavy atom. The van der Waals surface area contributed by atoms with Gasteiger partial charge in [-0.25, -0.2) is 8.78 Å². The summed E-state index contributed by atoms with van der Waals surface area (Å²) in [5, 5.41) is 0. The molecule has 1 saturated carbocycles. The van der Waals surface area contributed by atoms with Gasteiger partial charge in [-0.05, 0) is 54.4 Å². The highest BCUT2D eigenvalue weighted by atomic mass is 19.1. The zero-order chi connectivity index (χ0) is 23.8. The fraction of sp³-hybridized carbons (Fsp3) is 0.296. The van der Waals surface area contributed by atoms with Gasteiger partial charge >= 0.3 is 0 Å². The number of ether oxygens (including phenoxy) is 2. The third-order valence-corrected chi connectivity index (χ3v) is 6.55. The first-order valence-corrected chi connectivity index (χ1v) is 11.3. The zero-order valence-corrected chi connectivity index (χ0v) is 18.6. The number of benzene rings is 2. The van der Waals surface area contributed by atoms with Crippen molar-refractivity contribution in [2.45, 2.75) is 32.1 Å². The van der Waals surface area contributed by atoms with Crippen LogP contribution in [-0.4, -0.2) is 23.2 Å². The minimum absolute atomic E-state index is 0.00453. The van der Waals surface area contributed by atoms with E-state index in [1.807, 2.05) is 6.92 Å². The quantitative estimate of drug-likeness (QED) is 0.403.